The molecule has 2 heteroatoms. The van der Waals surface area contributed by atoms with E-state index < -0.39 is 0 Å². The van der Waals surface area contributed by atoms with Gasteiger partial charge in [0.05, 0.1) is 11.0 Å². The summed E-state index contributed by atoms with van der Waals surface area (Å²) in [7, 11) is 0. The van der Waals surface area contributed by atoms with Crippen molar-refractivity contribution in [1.29, 1.82) is 0 Å². The van der Waals surface area contributed by atoms with E-state index in [4.69, 9.17) is 4.98 Å². The Hall–Kier alpha value is -5.21. The number of fused-ring (bicyclic) bond motifs is 9. The molecule has 2 nitrogen and oxygen atoms in total. The van der Waals surface area contributed by atoms with Crippen molar-refractivity contribution in [2.45, 2.75) is 6.42 Å². The van der Waals surface area contributed by atoms with Gasteiger partial charge in [-0.05, 0) is 80.2 Å². The van der Waals surface area contributed by atoms with Crippen LogP contribution in [0.25, 0.3) is 71.4 Å². The summed E-state index contributed by atoms with van der Waals surface area (Å²) < 4.78 is 2.37. The fourth-order valence-electron chi connectivity index (χ4n) is 7.00. The quantitative estimate of drug-likeness (QED) is 0.227. The van der Waals surface area contributed by atoms with Crippen LogP contribution in [0.5, 0.6) is 0 Å². The minimum atomic E-state index is 0.911. The standard InChI is InChI=1S/C38H24N2/c1-2-11-25(12-3-1)36-27-14-6-5-13-26(27)22-31-29-18-19-35-37(32(29)23-33(31)36)30-16-8-9-17-34(30)40(35)38-28-15-7-4-10-24(28)20-21-39-38/h1-22H,23H2. The molecule has 0 bridgehead atoms. The van der Waals surface area contributed by atoms with E-state index in [1.54, 1.807) is 0 Å². The molecule has 1 aliphatic carbocycles. The average Bonchev–Trinajstić information content (AvgIpc) is 3.55. The van der Waals surface area contributed by atoms with Crippen LogP contribution in [0.2, 0.25) is 0 Å². The summed E-state index contributed by atoms with van der Waals surface area (Å²) in [5.41, 5.74) is 10.6. The SMILES string of the molecule is c1ccc(-c2c3c(cc4ccccc24)-c2ccc4c(c2C3)c2ccccc2n4-c2nccc3ccccc23)cc1. The van der Waals surface area contributed by atoms with Crippen LogP contribution in [0.15, 0.2) is 134 Å². The first-order valence-corrected chi connectivity index (χ1v) is 13.9. The molecule has 0 unspecified atom stereocenters. The highest BCUT2D eigenvalue weighted by Crippen LogP contribution is 2.49. The Bertz CT molecular complexity index is 2280. The van der Waals surface area contributed by atoms with Gasteiger partial charge in [0.2, 0.25) is 0 Å². The Morgan fingerprint density at radius 2 is 1.25 bits per heavy atom. The zero-order valence-electron chi connectivity index (χ0n) is 21.8. The summed E-state index contributed by atoms with van der Waals surface area (Å²) in [5, 5.41) is 7.58. The normalized spacial score (nSPS) is 12.4. The van der Waals surface area contributed by atoms with Crippen molar-refractivity contribution < 1.29 is 0 Å². The summed E-state index contributed by atoms with van der Waals surface area (Å²) >= 11 is 0. The van der Waals surface area contributed by atoms with Gasteiger partial charge in [0.15, 0.2) is 0 Å². The smallest absolute Gasteiger partial charge is 0.145 e. The number of benzene rings is 6. The Kier molecular flexibility index (Phi) is 4.42. The molecule has 0 radical (unpaired) electrons. The first-order valence-electron chi connectivity index (χ1n) is 13.9. The largest absolute Gasteiger partial charge is 0.293 e. The molecule has 0 aliphatic heterocycles. The van der Waals surface area contributed by atoms with Crippen LogP contribution in [0, 0.1) is 0 Å². The van der Waals surface area contributed by atoms with Crippen molar-refractivity contribution in [3.8, 4) is 28.1 Å². The average molecular weight is 509 g/mol. The van der Waals surface area contributed by atoms with Crippen LogP contribution in [0.4, 0.5) is 0 Å². The molecule has 0 amide bonds. The van der Waals surface area contributed by atoms with Crippen molar-refractivity contribution in [2.75, 3.05) is 0 Å². The van der Waals surface area contributed by atoms with E-state index in [0.717, 1.165) is 17.6 Å². The second kappa shape index (κ2) is 8.14. The highest BCUT2D eigenvalue weighted by atomic mass is 15.1. The monoisotopic (exact) mass is 508 g/mol. The third-order valence-electron chi connectivity index (χ3n) is 8.67. The second-order valence-corrected chi connectivity index (χ2v) is 10.7. The van der Waals surface area contributed by atoms with Gasteiger partial charge in [-0.2, -0.15) is 0 Å². The van der Waals surface area contributed by atoms with Gasteiger partial charge in [-0.1, -0.05) is 103 Å². The Balaban J connectivity index is 1.38. The summed E-state index contributed by atoms with van der Waals surface area (Å²) in [4.78, 5) is 4.94. The van der Waals surface area contributed by atoms with E-state index in [2.05, 4.69) is 132 Å². The molecule has 0 atom stereocenters. The van der Waals surface area contributed by atoms with E-state index in [9.17, 15) is 0 Å². The summed E-state index contributed by atoms with van der Waals surface area (Å²) in [5.74, 6) is 0.982. The zero-order chi connectivity index (χ0) is 26.2. The molecule has 0 spiro atoms. The molecule has 8 aromatic rings. The van der Waals surface area contributed by atoms with Crippen LogP contribution in [0.1, 0.15) is 11.1 Å². The van der Waals surface area contributed by atoms with E-state index in [1.165, 1.54) is 71.3 Å². The van der Waals surface area contributed by atoms with E-state index in [1.807, 2.05) is 6.20 Å². The number of aromatic nitrogens is 2. The van der Waals surface area contributed by atoms with Gasteiger partial charge in [0, 0.05) is 22.4 Å². The molecule has 0 fully saturated rings. The predicted octanol–water partition coefficient (Wildman–Crippen LogP) is 9.72. The maximum absolute atomic E-state index is 4.94. The van der Waals surface area contributed by atoms with Crippen LogP contribution >= 0.6 is 0 Å². The second-order valence-electron chi connectivity index (χ2n) is 10.7. The van der Waals surface area contributed by atoms with Crippen molar-refractivity contribution in [2.24, 2.45) is 0 Å². The molecule has 1 aliphatic rings. The molecule has 9 rings (SSSR count). The maximum atomic E-state index is 4.94. The number of para-hydroxylation sites is 1. The zero-order valence-corrected chi connectivity index (χ0v) is 21.8. The molecule has 40 heavy (non-hydrogen) atoms. The molecule has 2 aromatic heterocycles. The topological polar surface area (TPSA) is 17.8 Å². The summed E-state index contributed by atoms with van der Waals surface area (Å²) in [6.45, 7) is 0. The summed E-state index contributed by atoms with van der Waals surface area (Å²) in [6, 6.07) is 46.2. The number of hydrogen-bond acceptors (Lipinski definition) is 1. The van der Waals surface area contributed by atoms with Gasteiger partial charge in [0.25, 0.3) is 0 Å². The number of rotatable bonds is 2. The fraction of sp³-hybridized carbons (Fsp3) is 0.0263. The number of pyridine rings is 1. The first-order chi connectivity index (χ1) is 19.9. The van der Waals surface area contributed by atoms with Gasteiger partial charge < -0.3 is 0 Å². The molecule has 6 aromatic carbocycles. The lowest BCUT2D eigenvalue weighted by atomic mass is 9.90. The van der Waals surface area contributed by atoms with Crippen molar-refractivity contribution in [1.82, 2.24) is 9.55 Å². The Morgan fingerprint density at radius 1 is 0.525 bits per heavy atom. The lowest BCUT2D eigenvalue weighted by Gasteiger charge is -2.14. The van der Waals surface area contributed by atoms with Crippen LogP contribution < -0.4 is 0 Å². The van der Waals surface area contributed by atoms with Gasteiger partial charge in [0.1, 0.15) is 5.82 Å². The minimum Gasteiger partial charge on any atom is -0.293 e. The fourth-order valence-corrected chi connectivity index (χ4v) is 7.00. The van der Waals surface area contributed by atoms with Crippen molar-refractivity contribution in [3.63, 3.8) is 0 Å². The first kappa shape index (κ1) is 21.7. The van der Waals surface area contributed by atoms with E-state index in [-0.39, 0.29) is 0 Å². The van der Waals surface area contributed by atoms with E-state index >= 15 is 0 Å². The van der Waals surface area contributed by atoms with Crippen LogP contribution in [-0.2, 0) is 6.42 Å². The molecule has 0 saturated heterocycles. The van der Waals surface area contributed by atoms with E-state index in [0.29, 0.717) is 0 Å². The third-order valence-corrected chi connectivity index (χ3v) is 8.67. The minimum absolute atomic E-state index is 0.911. The van der Waals surface area contributed by atoms with Gasteiger partial charge in [-0.15, -0.1) is 0 Å². The van der Waals surface area contributed by atoms with Crippen molar-refractivity contribution >= 4 is 43.4 Å². The Morgan fingerprint density at radius 3 is 2.12 bits per heavy atom. The van der Waals surface area contributed by atoms with Crippen molar-refractivity contribution in [3.05, 3.63) is 145 Å². The highest BCUT2D eigenvalue weighted by molar-refractivity contribution is 6.15. The lowest BCUT2D eigenvalue weighted by molar-refractivity contribution is 1.10. The summed E-state index contributed by atoms with van der Waals surface area (Å²) in [6.07, 6.45) is 2.84. The number of hydrogen-bond donors (Lipinski definition) is 0. The van der Waals surface area contributed by atoms with Gasteiger partial charge in [-0.25, -0.2) is 4.98 Å². The molecular formula is C38H24N2. The Labute approximate surface area is 231 Å². The maximum Gasteiger partial charge on any atom is 0.145 e. The molecule has 2 heterocycles. The highest BCUT2D eigenvalue weighted by Gasteiger charge is 2.28. The number of nitrogens with zero attached hydrogens (tertiary/aromatic N) is 2. The lowest BCUT2D eigenvalue weighted by Crippen LogP contribution is -1.98. The van der Waals surface area contributed by atoms with Crippen LogP contribution in [-0.4, -0.2) is 9.55 Å². The molecular weight excluding hydrogens is 484 g/mol. The molecule has 186 valence electrons. The van der Waals surface area contributed by atoms with Gasteiger partial charge in [-0.3, -0.25) is 4.57 Å². The van der Waals surface area contributed by atoms with Gasteiger partial charge >= 0.3 is 0 Å². The molecule has 0 N–H and O–H groups in total. The predicted molar refractivity (Wildman–Crippen MR) is 167 cm³/mol. The molecule has 0 saturated carbocycles. The van der Waals surface area contributed by atoms with Crippen LogP contribution in [0.3, 0.4) is 0 Å². The third kappa shape index (κ3) is 2.91.